The van der Waals surface area contributed by atoms with Crippen LogP contribution in [0.3, 0.4) is 0 Å². The third-order valence-electron chi connectivity index (χ3n) is 1.75. The van der Waals surface area contributed by atoms with Gasteiger partial charge in [-0.15, -0.1) is 0 Å². The van der Waals surface area contributed by atoms with Gasteiger partial charge in [0.1, 0.15) is 5.78 Å². The van der Waals surface area contributed by atoms with Crippen LogP contribution in [0, 0.1) is 5.92 Å². The molecule has 1 heterocycles. The Morgan fingerprint density at radius 1 is 1.54 bits per heavy atom. The number of carbonyl (C=O) groups excluding carboxylic acids is 1. The van der Waals surface area contributed by atoms with Gasteiger partial charge >= 0.3 is 5.51 Å². The molecule has 1 nitrogen and oxygen atoms in total. The quantitative estimate of drug-likeness (QED) is 0.741. The summed E-state index contributed by atoms with van der Waals surface area (Å²) in [4.78, 5) is 11.0. The molecule has 0 radical (unpaired) electrons. The predicted octanol–water partition coefficient (Wildman–Crippen LogP) is 2.56. The maximum atomic E-state index is 11.7. The van der Waals surface area contributed by atoms with Crippen molar-refractivity contribution in [1.29, 1.82) is 0 Å². The van der Waals surface area contributed by atoms with Gasteiger partial charge in [0, 0.05) is 17.4 Å². The van der Waals surface area contributed by atoms with Crippen LogP contribution in [0.15, 0.2) is 0 Å². The van der Waals surface area contributed by atoms with Crippen LogP contribution in [-0.2, 0) is 4.79 Å². The summed E-state index contributed by atoms with van der Waals surface area (Å²) in [6.45, 7) is 0. The van der Waals surface area contributed by atoms with E-state index in [1.54, 1.807) is 0 Å². The molecule has 0 saturated carbocycles. The molecule has 0 aliphatic carbocycles. The van der Waals surface area contributed by atoms with Gasteiger partial charge in [-0.05, 0) is 6.42 Å². The molecule has 0 aromatic carbocycles. The maximum Gasteiger partial charge on any atom is 0.441 e. The minimum absolute atomic E-state index is 0.000463. The molecule has 13 heavy (non-hydrogen) atoms. The van der Waals surface area contributed by atoms with Crippen LogP contribution in [0.5, 0.6) is 0 Å². The van der Waals surface area contributed by atoms with Crippen LogP contribution in [0.1, 0.15) is 6.42 Å². The molecular formula is C7H9F3OS2. The number of halogens is 3. The molecule has 0 amide bonds. The number of hydrogen-bond donors (Lipinski definition) is 0. The Labute approximate surface area is 82.8 Å². The van der Waals surface area contributed by atoms with Crippen molar-refractivity contribution in [2.75, 3.05) is 17.3 Å². The lowest BCUT2D eigenvalue weighted by Crippen LogP contribution is -2.13. The first-order chi connectivity index (χ1) is 5.99. The van der Waals surface area contributed by atoms with E-state index in [2.05, 4.69) is 0 Å². The first-order valence-electron chi connectivity index (χ1n) is 3.80. The SMILES string of the molecule is O=C1CSCC1CCSC(F)(F)F. The van der Waals surface area contributed by atoms with Gasteiger partial charge in [-0.2, -0.15) is 24.9 Å². The standard InChI is InChI=1S/C7H9F3OS2/c8-7(9,10)13-2-1-5-3-12-4-6(5)11/h5H,1-4H2. The van der Waals surface area contributed by atoms with Crippen molar-refractivity contribution in [3.05, 3.63) is 0 Å². The number of alkyl halides is 3. The molecule has 1 unspecified atom stereocenters. The molecule has 0 aromatic heterocycles. The first kappa shape index (κ1) is 11.2. The Bertz CT molecular complexity index is 193. The van der Waals surface area contributed by atoms with Crippen LogP contribution in [0.4, 0.5) is 13.2 Å². The zero-order chi connectivity index (χ0) is 9.90. The Morgan fingerprint density at radius 2 is 2.23 bits per heavy atom. The van der Waals surface area contributed by atoms with E-state index in [0.717, 1.165) is 0 Å². The molecule has 6 heteroatoms. The molecule has 76 valence electrons. The van der Waals surface area contributed by atoms with Crippen LogP contribution in [-0.4, -0.2) is 28.6 Å². The van der Waals surface area contributed by atoms with Gasteiger partial charge in [0.2, 0.25) is 0 Å². The molecule has 0 N–H and O–H groups in total. The fraction of sp³-hybridized carbons (Fsp3) is 0.857. The van der Waals surface area contributed by atoms with E-state index in [-0.39, 0.29) is 29.2 Å². The molecule has 0 aromatic rings. The second-order valence-corrected chi connectivity index (χ2v) is 4.95. The highest BCUT2D eigenvalue weighted by atomic mass is 32.2. The number of carbonyl (C=O) groups is 1. The van der Waals surface area contributed by atoms with E-state index in [4.69, 9.17) is 0 Å². The highest BCUT2D eigenvalue weighted by Crippen LogP contribution is 2.32. The smallest absolute Gasteiger partial charge is 0.298 e. The van der Waals surface area contributed by atoms with E-state index in [9.17, 15) is 18.0 Å². The summed E-state index contributed by atoms with van der Waals surface area (Å²) in [5.41, 5.74) is -4.16. The summed E-state index contributed by atoms with van der Waals surface area (Å²) >= 11 is 1.47. The molecule has 1 atom stereocenters. The van der Waals surface area contributed by atoms with E-state index in [0.29, 0.717) is 17.9 Å². The van der Waals surface area contributed by atoms with E-state index < -0.39 is 5.51 Å². The van der Waals surface area contributed by atoms with Crippen molar-refractivity contribution in [1.82, 2.24) is 0 Å². The van der Waals surface area contributed by atoms with Crippen LogP contribution in [0.2, 0.25) is 0 Å². The fourth-order valence-corrected chi connectivity index (χ4v) is 2.90. The first-order valence-corrected chi connectivity index (χ1v) is 5.94. The Balaban J connectivity index is 2.16. The van der Waals surface area contributed by atoms with Crippen molar-refractivity contribution >= 4 is 29.3 Å². The third-order valence-corrected chi connectivity index (χ3v) is 3.64. The number of Topliss-reactive ketones (excluding diaryl/α,β-unsaturated/α-hetero) is 1. The minimum atomic E-state index is -4.16. The van der Waals surface area contributed by atoms with Crippen molar-refractivity contribution in [3.8, 4) is 0 Å². The summed E-state index contributed by atoms with van der Waals surface area (Å²) < 4.78 is 35.1. The molecule has 1 aliphatic heterocycles. The lowest BCUT2D eigenvalue weighted by molar-refractivity contribution is -0.119. The van der Waals surface area contributed by atoms with Gasteiger partial charge < -0.3 is 0 Å². The second-order valence-electron chi connectivity index (χ2n) is 2.76. The largest absolute Gasteiger partial charge is 0.441 e. The maximum absolute atomic E-state index is 11.7. The summed E-state index contributed by atoms with van der Waals surface area (Å²) in [5.74, 6) is 1.13. The van der Waals surface area contributed by atoms with E-state index in [1.807, 2.05) is 0 Å². The van der Waals surface area contributed by atoms with Crippen molar-refractivity contribution in [2.24, 2.45) is 5.92 Å². The number of hydrogen-bond acceptors (Lipinski definition) is 3. The van der Waals surface area contributed by atoms with Gasteiger partial charge in [-0.1, -0.05) is 11.8 Å². The normalized spacial score (nSPS) is 23.9. The lowest BCUT2D eigenvalue weighted by atomic mass is 10.1. The summed E-state index contributed by atoms with van der Waals surface area (Å²) in [5, 5.41) is 0. The zero-order valence-electron chi connectivity index (χ0n) is 6.76. The highest BCUT2D eigenvalue weighted by Gasteiger charge is 2.30. The molecule has 0 bridgehead atoms. The lowest BCUT2D eigenvalue weighted by Gasteiger charge is -2.08. The Hall–Kier alpha value is 0.160. The van der Waals surface area contributed by atoms with Gasteiger partial charge in [-0.3, -0.25) is 4.79 Å². The van der Waals surface area contributed by atoms with Crippen molar-refractivity contribution in [2.45, 2.75) is 11.9 Å². The molecule has 1 saturated heterocycles. The monoisotopic (exact) mass is 230 g/mol. The Kier molecular flexibility index (Phi) is 3.97. The fourth-order valence-electron chi connectivity index (χ4n) is 1.07. The average Bonchev–Trinajstić information content (AvgIpc) is 2.34. The van der Waals surface area contributed by atoms with Gasteiger partial charge in [-0.25, -0.2) is 0 Å². The average molecular weight is 230 g/mol. The topological polar surface area (TPSA) is 17.1 Å². The molecule has 1 rings (SSSR count). The molecular weight excluding hydrogens is 221 g/mol. The number of thioether (sulfide) groups is 2. The van der Waals surface area contributed by atoms with Crippen LogP contribution >= 0.6 is 23.5 Å². The predicted molar refractivity (Wildman–Crippen MR) is 49.0 cm³/mol. The number of ketones is 1. The molecule has 1 aliphatic rings. The summed E-state index contributed by atoms with van der Waals surface area (Å²) in [6, 6.07) is 0. The van der Waals surface area contributed by atoms with Crippen LogP contribution < -0.4 is 0 Å². The second kappa shape index (κ2) is 4.59. The third kappa shape index (κ3) is 4.26. The van der Waals surface area contributed by atoms with E-state index in [1.165, 1.54) is 11.8 Å². The van der Waals surface area contributed by atoms with Gasteiger partial charge in [0.15, 0.2) is 0 Å². The molecule has 1 fully saturated rings. The van der Waals surface area contributed by atoms with Gasteiger partial charge in [0.25, 0.3) is 0 Å². The molecule has 0 spiro atoms. The van der Waals surface area contributed by atoms with Gasteiger partial charge in [0.05, 0.1) is 5.75 Å². The van der Waals surface area contributed by atoms with Crippen molar-refractivity contribution in [3.63, 3.8) is 0 Å². The minimum Gasteiger partial charge on any atom is -0.298 e. The van der Waals surface area contributed by atoms with E-state index >= 15 is 0 Å². The highest BCUT2D eigenvalue weighted by molar-refractivity contribution is 8.00. The van der Waals surface area contributed by atoms with Crippen molar-refractivity contribution < 1.29 is 18.0 Å². The summed E-state index contributed by atoms with van der Waals surface area (Å²) in [7, 11) is 0. The zero-order valence-corrected chi connectivity index (χ0v) is 8.40. The summed E-state index contributed by atoms with van der Waals surface area (Å²) in [6.07, 6.45) is 0.357. The number of rotatable bonds is 3. The Morgan fingerprint density at radius 3 is 2.69 bits per heavy atom. The van der Waals surface area contributed by atoms with Crippen LogP contribution in [0.25, 0.3) is 0 Å².